The second-order valence-electron chi connectivity index (χ2n) is 3.75. The van der Waals surface area contributed by atoms with Gasteiger partial charge in [0.15, 0.2) is 0 Å². The summed E-state index contributed by atoms with van der Waals surface area (Å²) < 4.78 is 0. The van der Waals surface area contributed by atoms with Crippen LogP contribution in [0.15, 0.2) is 18.0 Å². The molecule has 0 fully saturated rings. The van der Waals surface area contributed by atoms with Crippen molar-refractivity contribution in [3.8, 4) is 0 Å². The highest BCUT2D eigenvalue weighted by Gasteiger charge is 2.10. The van der Waals surface area contributed by atoms with Gasteiger partial charge in [-0.1, -0.05) is 6.08 Å². The summed E-state index contributed by atoms with van der Waals surface area (Å²) in [4.78, 5) is 6.77. The fourth-order valence-corrected chi connectivity index (χ4v) is 2.01. The number of thiazole rings is 1. The molecule has 4 heteroatoms. The van der Waals surface area contributed by atoms with Gasteiger partial charge in [0.2, 0.25) is 0 Å². The van der Waals surface area contributed by atoms with Crippen molar-refractivity contribution >= 4 is 11.3 Å². The van der Waals surface area contributed by atoms with Gasteiger partial charge in [-0.2, -0.15) is 0 Å². The van der Waals surface area contributed by atoms with E-state index in [0.29, 0.717) is 12.6 Å². The lowest BCUT2D eigenvalue weighted by Gasteiger charge is -2.23. The van der Waals surface area contributed by atoms with Crippen LogP contribution in [0.5, 0.6) is 0 Å². The van der Waals surface area contributed by atoms with Crippen molar-refractivity contribution in [1.29, 1.82) is 0 Å². The Morgan fingerprint density at radius 3 is 2.87 bits per heavy atom. The first kappa shape index (κ1) is 12.4. The summed E-state index contributed by atoms with van der Waals surface area (Å²) in [6.45, 7) is 10.4. The number of aromatic nitrogens is 1. The zero-order valence-electron chi connectivity index (χ0n) is 9.44. The molecule has 84 valence electrons. The molecule has 1 aromatic heterocycles. The molecule has 0 aliphatic carbocycles. The molecule has 3 nitrogen and oxygen atoms in total. The molecule has 1 heterocycles. The van der Waals surface area contributed by atoms with Crippen molar-refractivity contribution < 1.29 is 0 Å². The van der Waals surface area contributed by atoms with Gasteiger partial charge in [-0.3, -0.25) is 4.90 Å². The van der Waals surface area contributed by atoms with Crippen molar-refractivity contribution in [2.24, 2.45) is 5.73 Å². The third-order valence-corrected chi connectivity index (χ3v) is 3.15. The van der Waals surface area contributed by atoms with Crippen LogP contribution in [0.4, 0.5) is 0 Å². The van der Waals surface area contributed by atoms with E-state index < -0.39 is 0 Å². The Morgan fingerprint density at radius 1 is 1.67 bits per heavy atom. The van der Waals surface area contributed by atoms with Crippen molar-refractivity contribution in [2.45, 2.75) is 33.0 Å². The molecular formula is C11H19N3S. The number of hydrogen-bond acceptors (Lipinski definition) is 4. The molecule has 15 heavy (non-hydrogen) atoms. The van der Waals surface area contributed by atoms with E-state index in [4.69, 9.17) is 5.73 Å². The van der Waals surface area contributed by atoms with Crippen LogP contribution in [-0.4, -0.2) is 22.5 Å². The minimum atomic E-state index is 0.506. The van der Waals surface area contributed by atoms with E-state index in [1.165, 1.54) is 0 Å². The summed E-state index contributed by atoms with van der Waals surface area (Å²) in [5, 5.41) is 3.09. The number of nitrogens with two attached hydrogens (primary N) is 1. The van der Waals surface area contributed by atoms with Crippen LogP contribution < -0.4 is 5.73 Å². The maximum atomic E-state index is 5.53. The molecular weight excluding hydrogens is 206 g/mol. The number of rotatable bonds is 6. The van der Waals surface area contributed by atoms with Crippen LogP contribution in [0.25, 0.3) is 0 Å². The van der Waals surface area contributed by atoms with Crippen molar-refractivity contribution in [1.82, 2.24) is 9.88 Å². The molecule has 1 aromatic rings. The Labute approximate surface area is 95.6 Å². The van der Waals surface area contributed by atoms with Crippen LogP contribution in [0.2, 0.25) is 0 Å². The SMILES string of the molecule is C=CCN(Cc1csc(CN)n1)C(C)C. The molecule has 0 bridgehead atoms. The summed E-state index contributed by atoms with van der Waals surface area (Å²) in [6.07, 6.45) is 1.93. The van der Waals surface area contributed by atoms with E-state index >= 15 is 0 Å². The predicted octanol–water partition coefficient (Wildman–Crippen LogP) is 2.00. The van der Waals surface area contributed by atoms with Gasteiger partial charge in [0.25, 0.3) is 0 Å². The van der Waals surface area contributed by atoms with E-state index in [9.17, 15) is 0 Å². The van der Waals surface area contributed by atoms with Crippen molar-refractivity contribution in [2.75, 3.05) is 6.54 Å². The van der Waals surface area contributed by atoms with Crippen LogP contribution in [-0.2, 0) is 13.1 Å². The Balaban J connectivity index is 2.60. The van der Waals surface area contributed by atoms with E-state index in [0.717, 1.165) is 23.8 Å². The first-order valence-electron chi connectivity index (χ1n) is 5.15. The van der Waals surface area contributed by atoms with Crippen LogP contribution in [0.3, 0.4) is 0 Å². The molecule has 0 aromatic carbocycles. The van der Waals surface area contributed by atoms with E-state index in [1.807, 2.05) is 6.08 Å². The molecule has 0 spiro atoms. The number of hydrogen-bond donors (Lipinski definition) is 1. The molecule has 0 aliphatic rings. The van der Waals surface area contributed by atoms with Crippen LogP contribution in [0, 0.1) is 0 Å². The molecule has 0 unspecified atom stereocenters. The standard InChI is InChI=1S/C11H19N3S/c1-4-5-14(9(2)3)7-10-8-15-11(6-12)13-10/h4,8-9H,1,5-7,12H2,2-3H3. The lowest BCUT2D eigenvalue weighted by Crippen LogP contribution is -2.30. The summed E-state index contributed by atoms with van der Waals surface area (Å²) >= 11 is 1.63. The lowest BCUT2D eigenvalue weighted by atomic mass is 10.3. The highest BCUT2D eigenvalue weighted by molar-refractivity contribution is 7.09. The highest BCUT2D eigenvalue weighted by Crippen LogP contribution is 2.12. The monoisotopic (exact) mass is 225 g/mol. The lowest BCUT2D eigenvalue weighted by molar-refractivity contribution is 0.235. The van der Waals surface area contributed by atoms with Crippen LogP contribution >= 0.6 is 11.3 Å². The Kier molecular flexibility index (Phi) is 4.94. The van der Waals surface area contributed by atoms with E-state index in [-0.39, 0.29) is 0 Å². The zero-order valence-corrected chi connectivity index (χ0v) is 10.3. The van der Waals surface area contributed by atoms with Crippen molar-refractivity contribution in [3.63, 3.8) is 0 Å². The van der Waals surface area contributed by atoms with Gasteiger partial charge in [-0.25, -0.2) is 4.98 Å². The fourth-order valence-electron chi connectivity index (χ4n) is 1.35. The quantitative estimate of drug-likeness (QED) is 0.753. The van der Waals surface area contributed by atoms with Gasteiger partial charge in [0.05, 0.1) is 5.69 Å². The minimum Gasteiger partial charge on any atom is -0.325 e. The average Bonchev–Trinajstić information content (AvgIpc) is 2.65. The zero-order chi connectivity index (χ0) is 11.3. The first-order chi connectivity index (χ1) is 7.17. The number of nitrogens with zero attached hydrogens (tertiary/aromatic N) is 2. The summed E-state index contributed by atoms with van der Waals surface area (Å²) in [5.41, 5.74) is 6.64. The van der Waals surface area contributed by atoms with Gasteiger partial charge < -0.3 is 5.73 Å². The molecule has 0 atom stereocenters. The maximum Gasteiger partial charge on any atom is 0.106 e. The molecule has 0 saturated heterocycles. The van der Waals surface area contributed by atoms with Gasteiger partial charge >= 0.3 is 0 Å². The molecule has 0 aliphatic heterocycles. The summed E-state index contributed by atoms with van der Waals surface area (Å²) in [7, 11) is 0. The average molecular weight is 225 g/mol. The first-order valence-corrected chi connectivity index (χ1v) is 6.03. The van der Waals surface area contributed by atoms with Crippen molar-refractivity contribution in [3.05, 3.63) is 28.7 Å². The molecule has 0 saturated carbocycles. The normalized spacial score (nSPS) is 11.3. The van der Waals surface area contributed by atoms with Gasteiger partial charge in [0.1, 0.15) is 5.01 Å². The fraction of sp³-hybridized carbons (Fsp3) is 0.545. The summed E-state index contributed by atoms with van der Waals surface area (Å²) in [6, 6.07) is 0.506. The Hall–Kier alpha value is -0.710. The topological polar surface area (TPSA) is 42.1 Å². The molecule has 0 radical (unpaired) electrons. The van der Waals surface area contributed by atoms with Crippen LogP contribution in [0.1, 0.15) is 24.5 Å². The Bertz CT molecular complexity index is 307. The third kappa shape index (κ3) is 3.74. The second-order valence-corrected chi connectivity index (χ2v) is 4.69. The minimum absolute atomic E-state index is 0.506. The largest absolute Gasteiger partial charge is 0.325 e. The highest BCUT2D eigenvalue weighted by atomic mass is 32.1. The summed E-state index contributed by atoms with van der Waals surface area (Å²) in [5.74, 6) is 0. The Morgan fingerprint density at radius 2 is 2.40 bits per heavy atom. The predicted molar refractivity (Wildman–Crippen MR) is 65.7 cm³/mol. The van der Waals surface area contributed by atoms with Gasteiger partial charge in [-0.05, 0) is 13.8 Å². The molecule has 1 rings (SSSR count). The van der Waals surface area contributed by atoms with Gasteiger partial charge in [0, 0.05) is 31.1 Å². The second kappa shape index (κ2) is 6.00. The molecule has 2 N–H and O–H groups in total. The van der Waals surface area contributed by atoms with Gasteiger partial charge in [-0.15, -0.1) is 17.9 Å². The van der Waals surface area contributed by atoms with E-state index in [2.05, 4.69) is 35.7 Å². The van der Waals surface area contributed by atoms with E-state index in [1.54, 1.807) is 11.3 Å². The smallest absolute Gasteiger partial charge is 0.106 e. The molecule has 0 amide bonds. The third-order valence-electron chi connectivity index (χ3n) is 2.23. The maximum absolute atomic E-state index is 5.53.